The minimum absolute atomic E-state index is 0.182. The van der Waals surface area contributed by atoms with Gasteiger partial charge in [0.2, 0.25) is 0 Å². The van der Waals surface area contributed by atoms with E-state index in [0.717, 1.165) is 22.2 Å². The average Bonchev–Trinajstić information content (AvgIpc) is 3.09. The number of carbonyl (C=O) groups is 2. The van der Waals surface area contributed by atoms with E-state index < -0.39 is 0 Å². The van der Waals surface area contributed by atoms with Crippen molar-refractivity contribution in [2.24, 2.45) is 0 Å². The molecular weight excluding hydrogens is 302 g/mol. The molecular formula is C16H13NO2S2. The maximum atomic E-state index is 12.3. The zero-order valence-corrected chi connectivity index (χ0v) is 12.8. The molecule has 0 atom stereocenters. The Bertz CT molecular complexity index is 678. The van der Waals surface area contributed by atoms with Crippen molar-refractivity contribution in [1.29, 1.82) is 0 Å². The Balaban J connectivity index is 1.69. The van der Waals surface area contributed by atoms with Crippen molar-refractivity contribution >= 4 is 40.3 Å². The number of carbonyl (C=O) groups excluding carboxylic acids is 2. The van der Waals surface area contributed by atoms with Gasteiger partial charge in [-0.05, 0) is 41.3 Å². The van der Waals surface area contributed by atoms with Gasteiger partial charge in [-0.15, -0.1) is 11.3 Å². The second-order valence-corrected chi connectivity index (χ2v) is 6.56. The number of hydrogen-bond acceptors (Lipinski definition) is 4. The number of benzene rings is 1. The van der Waals surface area contributed by atoms with E-state index in [1.54, 1.807) is 17.4 Å². The van der Waals surface area contributed by atoms with Crippen LogP contribution in [0.5, 0.6) is 0 Å². The quantitative estimate of drug-likeness (QED) is 0.800. The van der Waals surface area contributed by atoms with E-state index in [-0.39, 0.29) is 11.1 Å². The van der Waals surface area contributed by atoms with Gasteiger partial charge in [0, 0.05) is 11.4 Å². The largest absolute Gasteiger partial charge is 0.293 e. The summed E-state index contributed by atoms with van der Waals surface area (Å²) in [4.78, 5) is 27.1. The molecule has 1 aromatic carbocycles. The second-order valence-electron chi connectivity index (χ2n) is 4.58. The Morgan fingerprint density at radius 1 is 1.05 bits per heavy atom. The molecule has 1 saturated heterocycles. The van der Waals surface area contributed by atoms with Gasteiger partial charge in [0.05, 0.1) is 4.91 Å². The lowest BCUT2D eigenvalue weighted by molar-refractivity contribution is -0.122. The van der Waals surface area contributed by atoms with Crippen molar-refractivity contribution < 1.29 is 9.59 Å². The highest BCUT2D eigenvalue weighted by molar-refractivity contribution is 8.18. The molecule has 1 fully saturated rings. The smallest absolute Gasteiger partial charge is 0.268 e. The van der Waals surface area contributed by atoms with Crippen LogP contribution in [0.15, 0.2) is 52.7 Å². The summed E-state index contributed by atoms with van der Waals surface area (Å²) in [6.45, 7) is 0.427. The first kappa shape index (κ1) is 14.1. The first-order valence-electron chi connectivity index (χ1n) is 6.57. The van der Waals surface area contributed by atoms with E-state index in [1.165, 1.54) is 4.90 Å². The standard InChI is InChI=1S/C16H13NO2S2/c18-15-14(11-13-7-4-10-20-13)21-16(19)17(15)9-8-12-5-2-1-3-6-12/h1-7,10-11H,8-9H2. The third-order valence-corrected chi connectivity index (χ3v) is 4.88. The van der Waals surface area contributed by atoms with E-state index >= 15 is 0 Å². The molecule has 0 unspecified atom stereocenters. The van der Waals surface area contributed by atoms with E-state index in [0.29, 0.717) is 17.9 Å². The molecule has 5 heteroatoms. The first-order chi connectivity index (χ1) is 10.2. The number of amides is 2. The van der Waals surface area contributed by atoms with Crippen LogP contribution < -0.4 is 0 Å². The predicted molar refractivity (Wildman–Crippen MR) is 87.1 cm³/mol. The molecule has 0 bridgehead atoms. The first-order valence-corrected chi connectivity index (χ1v) is 8.26. The van der Waals surface area contributed by atoms with Gasteiger partial charge in [0.1, 0.15) is 0 Å². The highest BCUT2D eigenvalue weighted by Gasteiger charge is 2.34. The number of thioether (sulfide) groups is 1. The zero-order chi connectivity index (χ0) is 14.7. The molecule has 0 saturated carbocycles. The fourth-order valence-corrected chi connectivity index (χ4v) is 3.67. The van der Waals surface area contributed by atoms with Crippen LogP contribution in [-0.4, -0.2) is 22.6 Å². The van der Waals surface area contributed by atoms with Crippen molar-refractivity contribution in [1.82, 2.24) is 4.90 Å². The molecule has 1 aliphatic heterocycles. The summed E-state index contributed by atoms with van der Waals surface area (Å²) in [5, 5.41) is 1.77. The Kier molecular flexibility index (Phi) is 4.22. The van der Waals surface area contributed by atoms with Crippen LogP contribution in [0.3, 0.4) is 0 Å². The lowest BCUT2D eigenvalue weighted by atomic mass is 10.1. The minimum atomic E-state index is -0.186. The van der Waals surface area contributed by atoms with Crippen LogP contribution in [0.4, 0.5) is 4.79 Å². The van der Waals surface area contributed by atoms with Gasteiger partial charge < -0.3 is 0 Å². The van der Waals surface area contributed by atoms with Crippen LogP contribution in [0.25, 0.3) is 6.08 Å². The zero-order valence-electron chi connectivity index (χ0n) is 11.2. The third-order valence-electron chi connectivity index (χ3n) is 3.16. The number of rotatable bonds is 4. The lowest BCUT2D eigenvalue weighted by Gasteiger charge is -2.11. The van der Waals surface area contributed by atoms with Gasteiger partial charge >= 0.3 is 0 Å². The summed E-state index contributed by atoms with van der Waals surface area (Å²) < 4.78 is 0. The lowest BCUT2D eigenvalue weighted by Crippen LogP contribution is -2.30. The van der Waals surface area contributed by atoms with Crippen LogP contribution in [-0.2, 0) is 11.2 Å². The fraction of sp³-hybridized carbons (Fsp3) is 0.125. The molecule has 3 nitrogen and oxygen atoms in total. The highest BCUT2D eigenvalue weighted by Crippen LogP contribution is 2.32. The van der Waals surface area contributed by atoms with E-state index in [4.69, 9.17) is 0 Å². The molecule has 2 amide bonds. The molecule has 106 valence electrons. The van der Waals surface area contributed by atoms with E-state index in [9.17, 15) is 9.59 Å². The topological polar surface area (TPSA) is 37.4 Å². The van der Waals surface area contributed by atoms with E-state index in [2.05, 4.69) is 0 Å². The molecule has 0 radical (unpaired) electrons. The Labute approximate surface area is 131 Å². The third kappa shape index (κ3) is 3.25. The van der Waals surface area contributed by atoms with Gasteiger partial charge in [-0.25, -0.2) is 0 Å². The monoisotopic (exact) mass is 315 g/mol. The van der Waals surface area contributed by atoms with Gasteiger partial charge in [-0.2, -0.15) is 0 Å². The van der Waals surface area contributed by atoms with Crippen LogP contribution in [0, 0.1) is 0 Å². The minimum Gasteiger partial charge on any atom is -0.268 e. The molecule has 1 aromatic heterocycles. The number of hydrogen-bond donors (Lipinski definition) is 0. The summed E-state index contributed by atoms with van der Waals surface area (Å²) in [5.41, 5.74) is 1.12. The van der Waals surface area contributed by atoms with Gasteiger partial charge in [0.25, 0.3) is 11.1 Å². The molecule has 0 N–H and O–H groups in total. The summed E-state index contributed by atoms with van der Waals surface area (Å²) in [5.74, 6) is -0.186. The molecule has 3 rings (SSSR count). The molecule has 0 aliphatic carbocycles. The molecule has 0 spiro atoms. The van der Waals surface area contributed by atoms with Gasteiger partial charge in [-0.3, -0.25) is 14.5 Å². The molecule has 1 aliphatic rings. The van der Waals surface area contributed by atoms with Crippen molar-refractivity contribution in [3.8, 4) is 0 Å². The molecule has 21 heavy (non-hydrogen) atoms. The van der Waals surface area contributed by atoms with Gasteiger partial charge in [0.15, 0.2) is 0 Å². The average molecular weight is 315 g/mol. The summed E-state index contributed by atoms with van der Waals surface area (Å²) in [6.07, 6.45) is 2.48. The number of thiophene rings is 1. The summed E-state index contributed by atoms with van der Waals surface area (Å²) >= 11 is 2.57. The molecule has 2 heterocycles. The Morgan fingerprint density at radius 2 is 1.86 bits per heavy atom. The SMILES string of the molecule is O=C1SC(=Cc2cccs2)C(=O)N1CCc1ccccc1. The van der Waals surface area contributed by atoms with E-state index in [1.807, 2.05) is 47.8 Å². The summed E-state index contributed by atoms with van der Waals surface area (Å²) in [6, 6.07) is 13.7. The maximum Gasteiger partial charge on any atom is 0.293 e. The normalized spacial score (nSPS) is 17.0. The number of imide groups is 1. The van der Waals surface area contributed by atoms with Crippen molar-refractivity contribution in [2.75, 3.05) is 6.54 Å². The van der Waals surface area contributed by atoms with Crippen molar-refractivity contribution in [3.63, 3.8) is 0 Å². The van der Waals surface area contributed by atoms with Crippen LogP contribution in [0.2, 0.25) is 0 Å². The van der Waals surface area contributed by atoms with Crippen LogP contribution in [0.1, 0.15) is 10.4 Å². The maximum absolute atomic E-state index is 12.3. The predicted octanol–water partition coefficient (Wildman–Crippen LogP) is 4.03. The van der Waals surface area contributed by atoms with Crippen molar-refractivity contribution in [3.05, 3.63) is 63.2 Å². The van der Waals surface area contributed by atoms with Crippen molar-refractivity contribution in [2.45, 2.75) is 6.42 Å². The molecule has 2 aromatic rings. The fourth-order valence-electron chi connectivity index (χ4n) is 2.08. The van der Waals surface area contributed by atoms with Gasteiger partial charge in [-0.1, -0.05) is 36.4 Å². The Hall–Kier alpha value is -1.85. The highest BCUT2D eigenvalue weighted by atomic mass is 32.2. The Morgan fingerprint density at radius 3 is 2.57 bits per heavy atom. The van der Waals surface area contributed by atoms with Crippen LogP contribution >= 0.6 is 23.1 Å². The number of nitrogens with zero attached hydrogens (tertiary/aromatic N) is 1. The summed E-state index contributed by atoms with van der Waals surface area (Å²) in [7, 11) is 0. The second kappa shape index (κ2) is 6.28.